The normalized spacial score (nSPS) is 16.6. The first-order valence-corrected chi connectivity index (χ1v) is 11.3. The molecule has 1 aromatic carbocycles. The van der Waals surface area contributed by atoms with Crippen LogP contribution in [0.5, 0.6) is 5.75 Å². The summed E-state index contributed by atoms with van der Waals surface area (Å²) >= 11 is 0. The number of aromatic nitrogens is 3. The van der Waals surface area contributed by atoms with Crippen LogP contribution in [0.2, 0.25) is 0 Å². The first-order chi connectivity index (χ1) is 16.4. The van der Waals surface area contributed by atoms with Gasteiger partial charge >= 0.3 is 6.36 Å². The number of hydrogen-bond donors (Lipinski definition) is 0. The van der Waals surface area contributed by atoms with Crippen LogP contribution in [0, 0.1) is 0 Å². The van der Waals surface area contributed by atoms with Gasteiger partial charge in [-0.25, -0.2) is 9.97 Å². The summed E-state index contributed by atoms with van der Waals surface area (Å²) in [4.78, 5) is 20.8. The molecule has 3 aromatic rings. The van der Waals surface area contributed by atoms with Crippen molar-refractivity contribution in [3.05, 3.63) is 71.4 Å². The monoisotopic (exact) mass is 467 g/mol. The van der Waals surface area contributed by atoms with E-state index in [1.807, 2.05) is 24.5 Å². The van der Waals surface area contributed by atoms with Crippen molar-refractivity contribution in [3.63, 3.8) is 0 Å². The number of fused-ring (bicyclic) bond motifs is 1. The van der Waals surface area contributed by atoms with E-state index < -0.39 is 6.36 Å². The quantitative estimate of drug-likeness (QED) is 0.530. The van der Waals surface area contributed by atoms with E-state index in [9.17, 15) is 13.2 Å². The van der Waals surface area contributed by atoms with E-state index in [4.69, 9.17) is 4.98 Å². The predicted octanol–water partition coefficient (Wildman–Crippen LogP) is 4.97. The Kier molecular flexibility index (Phi) is 6.28. The summed E-state index contributed by atoms with van der Waals surface area (Å²) in [5.41, 5.74) is 5.78. The van der Waals surface area contributed by atoms with Gasteiger partial charge in [0.15, 0.2) is 5.82 Å². The van der Waals surface area contributed by atoms with Crippen LogP contribution in [-0.2, 0) is 19.5 Å². The molecule has 2 aromatic heterocycles. The Bertz CT molecular complexity index is 1180. The first kappa shape index (κ1) is 22.5. The zero-order valence-electron chi connectivity index (χ0n) is 18.6. The Morgan fingerprint density at radius 1 is 0.941 bits per heavy atom. The molecule has 0 bridgehead atoms. The average molecular weight is 467 g/mol. The minimum atomic E-state index is -4.70. The van der Waals surface area contributed by atoms with E-state index in [1.165, 1.54) is 12.1 Å². The Labute approximate surface area is 195 Å². The summed E-state index contributed by atoms with van der Waals surface area (Å²) in [6, 6.07) is 9.59. The van der Waals surface area contributed by atoms with Gasteiger partial charge in [0.25, 0.3) is 0 Å². The van der Waals surface area contributed by atoms with Crippen molar-refractivity contribution in [2.24, 2.45) is 4.99 Å². The lowest BCUT2D eigenvalue weighted by molar-refractivity contribution is -0.274. The molecule has 0 atom stereocenters. The second kappa shape index (κ2) is 9.50. The fourth-order valence-electron chi connectivity index (χ4n) is 4.30. The lowest BCUT2D eigenvalue weighted by Gasteiger charge is -2.28. The molecule has 0 radical (unpaired) electrons. The Balaban J connectivity index is 1.21. The molecular weight excluding hydrogens is 443 g/mol. The van der Waals surface area contributed by atoms with Crippen LogP contribution in [0.4, 0.5) is 13.2 Å². The SMILES string of the molecule is FC(F)(F)Oc1ccc(-c2ccc(CN3CCc4nc(C5=NCCCC5)ncc4C3)cn2)cc1. The van der Waals surface area contributed by atoms with Gasteiger partial charge in [-0.05, 0) is 55.2 Å². The number of alkyl halides is 3. The lowest BCUT2D eigenvalue weighted by atomic mass is 10.0. The number of nitrogens with zero attached hydrogens (tertiary/aromatic N) is 5. The van der Waals surface area contributed by atoms with E-state index in [0.29, 0.717) is 5.69 Å². The maximum absolute atomic E-state index is 12.3. The third-order valence-corrected chi connectivity index (χ3v) is 6.01. The number of halogens is 3. The maximum atomic E-state index is 12.3. The van der Waals surface area contributed by atoms with Crippen LogP contribution >= 0.6 is 0 Å². The predicted molar refractivity (Wildman–Crippen MR) is 121 cm³/mol. The Morgan fingerprint density at radius 2 is 1.79 bits per heavy atom. The highest BCUT2D eigenvalue weighted by atomic mass is 19.4. The molecule has 0 spiro atoms. The van der Waals surface area contributed by atoms with Gasteiger partial charge in [-0.3, -0.25) is 14.9 Å². The molecule has 2 aliphatic heterocycles. The standard InChI is InChI=1S/C25H24F3N5O/c26-25(27,28)34-20-7-5-18(6-8-20)21-9-4-17(13-30-21)15-33-12-10-22-19(16-33)14-31-24(32-22)23-3-1-2-11-29-23/h4-9,13-14H,1-3,10-12,15-16H2. The Morgan fingerprint density at radius 3 is 2.50 bits per heavy atom. The van der Waals surface area contributed by atoms with Crippen molar-refractivity contribution >= 4 is 5.71 Å². The van der Waals surface area contributed by atoms with Crippen LogP contribution in [0.25, 0.3) is 11.3 Å². The second-order valence-electron chi connectivity index (χ2n) is 8.54. The van der Waals surface area contributed by atoms with Crippen molar-refractivity contribution in [1.82, 2.24) is 19.9 Å². The average Bonchev–Trinajstić information content (AvgIpc) is 2.84. The molecular formula is C25H24F3N5O. The van der Waals surface area contributed by atoms with E-state index in [2.05, 4.69) is 24.6 Å². The number of hydrogen-bond acceptors (Lipinski definition) is 6. The molecule has 4 heterocycles. The molecule has 0 saturated carbocycles. The minimum Gasteiger partial charge on any atom is -0.406 e. The summed E-state index contributed by atoms with van der Waals surface area (Å²) < 4.78 is 40.9. The van der Waals surface area contributed by atoms with Gasteiger partial charge in [-0.2, -0.15) is 0 Å². The molecule has 0 N–H and O–H groups in total. The zero-order valence-corrected chi connectivity index (χ0v) is 18.6. The van der Waals surface area contributed by atoms with Crippen molar-refractivity contribution < 1.29 is 17.9 Å². The van der Waals surface area contributed by atoms with Gasteiger partial charge in [0.2, 0.25) is 0 Å². The minimum absolute atomic E-state index is 0.249. The number of rotatable bonds is 5. The zero-order chi connectivity index (χ0) is 23.5. The summed E-state index contributed by atoms with van der Waals surface area (Å²) in [5.74, 6) is 0.533. The molecule has 176 valence electrons. The van der Waals surface area contributed by atoms with Crippen molar-refractivity contribution in [2.75, 3.05) is 13.1 Å². The van der Waals surface area contributed by atoms with Crippen molar-refractivity contribution in [3.8, 4) is 17.0 Å². The van der Waals surface area contributed by atoms with Gasteiger partial charge in [-0.15, -0.1) is 13.2 Å². The molecule has 0 fully saturated rings. The molecule has 2 aliphatic rings. The molecule has 0 unspecified atom stereocenters. The van der Waals surface area contributed by atoms with Gasteiger partial charge in [0.1, 0.15) is 5.75 Å². The number of pyridine rings is 1. The molecule has 6 nitrogen and oxygen atoms in total. The number of ether oxygens (including phenoxy) is 1. The highest BCUT2D eigenvalue weighted by molar-refractivity contribution is 5.97. The van der Waals surface area contributed by atoms with E-state index >= 15 is 0 Å². The Hall–Kier alpha value is -3.33. The third-order valence-electron chi connectivity index (χ3n) is 6.01. The maximum Gasteiger partial charge on any atom is 0.573 e. The summed E-state index contributed by atoms with van der Waals surface area (Å²) in [7, 11) is 0. The van der Waals surface area contributed by atoms with Gasteiger partial charge < -0.3 is 4.74 Å². The topological polar surface area (TPSA) is 63.5 Å². The molecule has 0 amide bonds. The molecule has 9 heteroatoms. The summed E-state index contributed by atoms with van der Waals surface area (Å²) in [6.07, 6.45) is 3.17. The molecule has 34 heavy (non-hydrogen) atoms. The molecule has 5 rings (SSSR count). The van der Waals surface area contributed by atoms with Gasteiger partial charge in [-0.1, -0.05) is 6.07 Å². The van der Waals surface area contributed by atoms with Gasteiger partial charge in [0, 0.05) is 56.1 Å². The highest BCUT2D eigenvalue weighted by Gasteiger charge is 2.31. The fraction of sp³-hybridized carbons (Fsp3) is 0.360. The fourth-order valence-corrected chi connectivity index (χ4v) is 4.30. The lowest BCUT2D eigenvalue weighted by Crippen LogP contribution is -2.31. The van der Waals surface area contributed by atoms with Crippen LogP contribution in [0.3, 0.4) is 0 Å². The van der Waals surface area contributed by atoms with Crippen molar-refractivity contribution in [2.45, 2.75) is 45.1 Å². The molecule has 0 aliphatic carbocycles. The van der Waals surface area contributed by atoms with Crippen LogP contribution in [0.1, 0.15) is 41.9 Å². The molecule has 0 saturated heterocycles. The number of benzene rings is 1. The van der Waals surface area contributed by atoms with E-state index in [0.717, 1.165) is 85.8 Å². The van der Waals surface area contributed by atoms with E-state index in [1.54, 1.807) is 12.1 Å². The van der Waals surface area contributed by atoms with Gasteiger partial charge in [0.05, 0.1) is 17.1 Å². The summed E-state index contributed by atoms with van der Waals surface area (Å²) in [5, 5.41) is 0. The van der Waals surface area contributed by atoms with Crippen LogP contribution in [0.15, 0.2) is 53.8 Å². The number of aliphatic imine (C=N–C) groups is 1. The van der Waals surface area contributed by atoms with Crippen LogP contribution < -0.4 is 4.74 Å². The highest BCUT2D eigenvalue weighted by Crippen LogP contribution is 2.26. The summed E-state index contributed by atoms with van der Waals surface area (Å²) in [6.45, 7) is 3.30. The van der Waals surface area contributed by atoms with E-state index in [-0.39, 0.29) is 5.75 Å². The van der Waals surface area contributed by atoms with Crippen molar-refractivity contribution in [1.29, 1.82) is 0 Å². The largest absolute Gasteiger partial charge is 0.573 e. The third kappa shape index (κ3) is 5.41. The second-order valence-corrected chi connectivity index (χ2v) is 8.54. The van der Waals surface area contributed by atoms with Crippen LogP contribution in [-0.4, -0.2) is 45.0 Å². The first-order valence-electron chi connectivity index (χ1n) is 11.3. The smallest absolute Gasteiger partial charge is 0.406 e.